The fourth-order valence-electron chi connectivity index (χ4n) is 2.46. The zero-order valence-electron chi connectivity index (χ0n) is 13.9. The monoisotopic (exact) mass is 408 g/mol. The SMILES string of the molecule is CCOC(=O)c1sc2nc(C=Cc3c(Cl)cccc3Cl)[nH]c(=O)c2c1C. The molecule has 3 aromatic rings. The number of hydrogen-bond donors (Lipinski definition) is 1. The number of fused-ring (bicyclic) bond motifs is 1. The third kappa shape index (κ3) is 3.53. The normalized spacial score (nSPS) is 11.4. The number of H-pyrrole nitrogens is 1. The predicted octanol–water partition coefficient (Wildman–Crippen LogP) is 4.95. The van der Waals surface area contributed by atoms with Crippen molar-refractivity contribution in [3.05, 3.63) is 60.4 Å². The number of nitrogens with one attached hydrogen (secondary N) is 1. The molecule has 0 spiro atoms. The van der Waals surface area contributed by atoms with Crippen molar-refractivity contribution in [2.45, 2.75) is 13.8 Å². The number of aryl methyl sites for hydroxylation is 1. The molecule has 0 aliphatic heterocycles. The maximum atomic E-state index is 12.4. The Hall–Kier alpha value is -2.15. The van der Waals surface area contributed by atoms with Crippen molar-refractivity contribution in [2.75, 3.05) is 6.61 Å². The average molecular weight is 409 g/mol. The minimum Gasteiger partial charge on any atom is -0.462 e. The van der Waals surface area contributed by atoms with Gasteiger partial charge < -0.3 is 9.72 Å². The Labute approximate surface area is 163 Å². The Kier molecular flexibility index (Phi) is 5.46. The highest BCUT2D eigenvalue weighted by Gasteiger charge is 2.19. The van der Waals surface area contributed by atoms with E-state index in [0.717, 1.165) is 11.3 Å². The van der Waals surface area contributed by atoms with Crippen molar-refractivity contribution in [3.63, 3.8) is 0 Å². The Bertz CT molecular complexity index is 1070. The van der Waals surface area contributed by atoms with Crippen LogP contribution in [-0.2, 0) is 4.74 Å². The fourth-order valence-corrected chi connectivity index (χ4v) is 4.07. The number of rotatable bonds is 4. The summed E-state index contributed by atoms with van der Waals surface area (Å²) in [6.45, 7) is 3.71. The lowest BCUT2D eigenvalue weighted by molar-refractivity contribution is 0.0531. The first-order valence-electron chi connectivity index (χ1n) is 7.75. The second kappa shape index (κ2) is 7.61. The van der Waals surface area contributed by atoms with Crippen LogP contribution in [0.4, 0.5) is 0 Å². The van der Waals surface area contributed by atoms with Gasteiger partial charge >= 0.3 is 5.97 Å². The lowest BCUT2D eigenvalue weighted by Gasteiger charge is -2.01. The van der Waals surface area contributed by atoms with Crippen LogP contribution in [0.2, 0.25) is 10.0 Å². The van der Waals surface area contributed by atoms with Gasteiger partial charge in [0.05, 0.1) is 12.0 Å². The van der Waals surface area contributed by atoms with Gasteiger partial charge in [0.25, 0.3) is 5.56 Å². The van der Waals surface area contributed by atoms with Crippen LogP contribution < -0.4 is 5.56 Å². The van der Waals surface area contributed by atoms with Gasteiger partial charge in [-0.15, -0.1) is 11.3 Å². The van der Waals surface area contributed by atoms with Crippen molar-refractivity contribution in [1.82, 2.24) is 9.97 Å². The van der Waals surface area contributed by atoms with Crippen LogP contribution in [0.25, 0.3) is 22.4 Å². The van der Waals surface area contributed by atoms with E-state index >= 15 is 0 Å². The molecule has 0 saturated heterocycles. The molecule has 1 aromatic carbocycles. The lowest BCUT2D eigenvalue weighted by Crippen LogP contribution is -2.10. The third-order valence-electron chi connectivity index (χ3n) is 3.69. The van der Waals surface area contributed by atoms with Crippen LogP contribution in [0.1, 0.15) is 33.5 Å². The molecule has 0 amide bonds. The van der Waals surface area contributed by atoms with E-state index < -0.39 is 5.97 Å². The average Bonchev–Trinajstić information content (AvgIpc) is 2.92. The summed E-state index contributed by atoms with van der Waals surface area (Å²) in [5.74, 6) is -0.109. The zero-order chi connectivity index (χ0) is 18.8. The molecule has 0 unspecified atom stereocenters. The van der Waals surface area contributed by atoms with Gasteiger partial charge in [-0.05, 0) is 43.7 Å². The number of halogens is 2. The molecule has 134 valence electrons. The first-order valence-corrected chi connectivity index (χ1v) is 9.32. The standard InChI is InChI=1S/C18H14Cl2N2O3S/c1-3-25-18(24)15-9(2)14-16(23)21-13(22-17(14)26-15)8-7-10-11(19)5-4-6-12(10)20/h4-8H,3H2,1-2H3,(H,21,22,23). The highest BCUT2D eigenvalue weighted by Crippen LogP contribution is 2.29. The Morgan fingerprint density at radius 2 is 2.00 bits per heavy atom. The van der Waals surface area contributed by atoms with Crippen LogP contribution in [0, 0.1) is 6.92 Å². The highest BCUT2D eigenvalue weighted by atomic mass is 35.5. The van der Waals surface area contributed by atoms with E-state index in [1.54, 1.807) is 44.2 Å². The number of carbonyl (C=O) groups excluding carboxylic acids is 1. The summed E-state index contributed by atoms with van der Waals surface area (Å²) in [7, 11) is 0. The molecule has 0 aliphatic carbocycles. The summed E-state index contributed by atoms with van der Waals surface area (Å²) in [6.07, 6.45) is 3.30. The molecule has 3 rings (SSSR count). The zero-order valence-corrected chi connectivity index (χ0v) is 16.3. The van der Waals surface area contributed by atoms with Gasteiger partial charge in [0, 0.05) is 15.6 Å². The summed E-state index contributed by atoms with van der Waals surface area (Å²) in [4.78, 5) is 32.4. The Balaban J connectivity index is 2.05. The van der Waals surface area contributed by atoms with E-state index in [1.165, 1.54) is 0 Å². The molecule has 0 aliphatic rings. The number of esters is 1. The Morgan fingerprint density at radius 3 is 2.65 bits per heavy atom. The first-order chi connectivity index (χ1) is 12.4. The molecule has 1 N–H and O–H groups in total. The van der Waals surface area contributed by atoms with Gasteiger partial charge in [-0.3, -0.25) is 4.79 Å². The minimum absolute atomic E-state index is 0.267. The van der Waals surface area contributed by atoms with E-state index in [9.17, 15) is 9.59 Å². The molecule has 26 heavy (non-hydrogen) atoms. The van der Waals surface area contributed by atoms with E-state index in [4.69, 9.17) is 27.9 Å². The summed E-state index contributed by atoms with van der Waals surface area (Å²) in [6, 6.07) is 5.20. The van der Waals surface area contributed by atoms with Crippen molar-refractivity contribution in [3.8, 4) is 0 Å². The molecule has 2 heterocycles. The smallest absolute Gasteiger partial charge is 0.348 e. The van der Waals surface area contributed by atoms with Gasteiger partial charge in [-0.2, -0.15) is 0 Å². The van der Waals surface area contributed by atoms with Crippen LogP contribution in [0.15, 0.2) is 23.0 Å². The number of hydrogen-bond acceptors (Lipinski definition) is 5. The largest absolute Gasteiger partial charge is 0.462 e. The number of ether oxygens (including phenoxy) is 1. The maximum Gasteiger partial charge on any atom is 0.348 e. The van der Waals surface area contributed by atoms with E-state index in [2.05, 4.69) is 9.97 Å². The number of benzene rings is 1. The van der Waals surface area contributed by atoms with Crippen LogP contribution in [-0.4, -0.2) is 22.5 Å². The van der Waals surface area contributed by atoms with Gasteiger partial charge in [0.1, 0.15) is 15.5 Å². The van der Waals surface area contributed by atoms with Crippen molar-refractivity contribution in [1.29, 1.82) is 0 Å². The topological polar surface area (TPSA) is 72.0 Å². The first kappa shape index (κ1) is 18.6. The molecule has 0 atom stereocenters. The van der Waals surface area contributed by atoms with Crippen molar-refractivity contribution in [2.24, 2.45) is 0 Å². The number of nitrogens with zero attached hydrogens (tertiary/aromatic N) is 1. The maximum absolute atomic E-state index is 12.4. The van der Waals surface area contributed by atoms with E-state index in [1.807, 2.05) is 0 Å². The fraction of sp³-hybridized carbons (Fsp3) is 0.167. The second-order valence-electron chi connectivity index (χ2n) is 5.38. The summed E-state index contributed by atoms with van der Waals surface area (Å²) in [5.41, 5.74) is 0.888. The van der Waals surface area contributed by atoms with Crippen molar-refractivity contribution < 1.29 is 9.53 Å². The van der Waals surface area contributed by atoms with Crippen LogP contribution in [0.3, 0.4) is 0 Å². The van der Waals surface area contributed by atoms with Gasteiger partial charge in [0.15, 0.2) is 0 Å². The molecule has 8 heteroatoms. The van der Waals surface area contributed by atoms with Crippen LogP contribution >= 0.6 is 34.5 Å². The van der Waals surface area contributed by atoms with Crippen LogP contribution in [0.5, 0.6) is 0 Å². The van der Waals surface area contributed by atoms with E-state index in [0.29, 0.717) is 42.1 Å². The Morgan fingerprint density at radius 1 is 1.31 bits per heavy atom. The summed E-state index contributed by atoms with van der Waals surface area (Å²) >= 11 is 13.4. The summed E-state index contributed by atoms with van der Waals surface area (Å²) in [5, 5.41) is 1.38. The molecule has 0 saturated carbocycles. The second-order valence-corrected chi connectivity index (χ2v) is 7.19. The van der Waals surface area contributed by atoms with Crippen molar-refractivity contribution >= 4 is 62.9 Å². The molecule has 5 nitrogen and oxygen atoms in total. The number of aromatic nitrogens is 2. The highest BCUT2D eigenvalue weighted by molar-refractivity contribution is 7.20. The number of aromatic amines is 1. The van der Waals surface area contributed by atoms with Gasteiger partial charge in [-0.1, -0.05) is 29.3 Å². The minimum atomic E-state index is -0.452. The molecule has 2 aromatic heterocycles. The molecule has 0 radical (unpaired) electrons. The lowest BCUT2D eigenvalue weighted by atomic mass is 10.2. The molecular weight excluding hydrogens is 395 g/mol. The number of thiophene rings is 1. The summed E-state index contributed by atoms with van der Waals surface area (Å²) < 4.78 is 5.03. The predicted molar refractivity (Wildman–Crippen MR) is 106 cm³/mol. The van der Waals surface area contributed by atoms with Gasteiger partial charge in [0.2, 0.25) is 0 Å². The van der Waals surface area contributed by atoms with Gasteiger partial charge in [-0.25, -0.2) is 9.78 Å². The third-order valence-corrected chi connectivity index (χ3v) is 5.51. The molecular formula is C18H14Cl2N2O3S. The molecule has 0 fully saturated rings. The van der Waals surface area contributed by atoms with E-state index in [-0.39, 0.29) is 12.2 Å². The number of carbonyl (C=O) groups is 1. The quantitative estimate of drug-likeness (QED) is 0.619. The molecule has 0 bridgehead atoms.